The van der Waals surface area contributed by atoms with Gasteiger partial charge in [0.1, 0.15) is 6.61 Å². The van der Waals surface area contributed by atoms with Gasteiger partial charge in [0.25, 0.3) is 0 Å². The maximum Gasteiger partial charge on any atom is 0.396 e. The van der Waals surface area contributed by atoms with Gasteiger partial charge in [0, 0.05) is 17.5 Å². The van der Waals surface area contributed by atoms with Crippen LogP contribution in [-0.4, -0.2) is 53.0 Å². The largest absolute Gasteiger partial charge is 0.479 e. The van der Waals surface area contributed by atoms with E-state index in [9.17, 15) is 32.7 Å². The van der Waals surface area contributed by atoms with Crippen LogP contribution in [-0.2, 0) is 25.5 Å². The van der Waals surface area contributed by atoms with E-state index in [-0.39, 0.29) is 6.42 Å². The summed E-state index contributed by atoms with van der Waals surface area (Å²) in [5.74, 6) is -4.40. The Morgan fingerprint density at radius 2 is 1.73 bits per heavy atom. The predicted octanol–water partition coefficient (Wildman–Crippen LogP) is 3.37. The summed E-state index contributed by atoms with van der Waals surface area (Å²) in [6, 6.07) is 13.1. The summed E-state index contributed by atoms with van der Waals surface area (Å²) in [6.45, 7) is -1.02. The zero-order valence-corrected chi connectivity index (χ0v) is 17.9. The lowest BCUT2D eigenvalue weighted by molar-refractivity contribution is -0.164. The summed E-state index contributed by atoms with van der Waals surface area (Å²) in [5.41, 5.74) is 2.36. The van der Waals surface area contributed by atoms with Gasteiger partial charge in [-0.1, -0.05) is 48.0 Å². The number of aliphatic hydroxyl groups is 1. The molecule has 0 fully saturated rings. The van der Waals surface area contributed by atoms with Crippen LogP contribution in [0.5, 0.6) is 0 Å². The van der Waals surface area contributed by atoms with Crippen molar-refractivity contribution in [3.63, 3.8) is 0 Å². The van der Waals surface area contributed by atoms with Gasteiger partial charge < -0.3 is 20.3 Å². The minimum Gasteiger partial charge on any atom is -0.479 e. The summed E-state index contributed by atoms with van der Waals surface area (Å²) in [6.07, 6.45) is -8.19. The third kappa shape index (κ3) is 9.11. The summed E-state index contributed by atoms with van der Waals surface area (Å²) < 4.78 is 40.8. The molecule has 0 radical (unpaired) electrons. The van der Waals surface area contributed by atoms with E-state index < -0.39 is 55.6 Å². The number of benzene rings is 2. The second-order valence-corrected chi connectivity index (χ2v) is 7.61. The van der Waals surface area contributed by atoms with Crippen LogP contribution in [0.3, 0.4) is 0 Å². The van der Waals surface area contributed by atoms with Crippen LogP contribution in [0.2, 0.25) is 5.02 Å². The van der Waals surface area contributed by atoms with Crippen molar-refractivity contribution in [2.45, 2.75) is 37.6 Å². The number of ether oxygens (including phenoxy) is 1. The molecule has 7 nitrogen and oxygen atoms in total. The van der Waals surface area contributed by atoms with Gasteiger partial charge in [-0.05, 0) is 35.2 Å². The number of aliphatic carboxylic acids is 1. The van der Waals surface area contributed by atoms with E-state index in [1.807, 2.05) is 6.07 Å². The van der Waals surface area contributed by atoms with Gasteiger partial charge in [0.15, 0.2) is 6.10 Å². The Bertz CT molecular complexity index is 981. The maximum absolute atomic E-state index is 12.2. The molecule has 0 saturated heterocycles. The van der Waals surface area contributed by atoms with E-state index in [1.165, 1.54) is 0 Å². The van der Waals surface area contributed by atoms with Crippen molar-refractivity contribution in [3.05, 3.63) is 59.1 Å². The lowest BCUT2D eigenvalue weighted by Crippen LogP contribution is -2.44. The number of carboxylic acids is 1. The minimum absolute atomic E-state index is 0.0434. The number of nitrogens with one attached hydrogen (secondary N) is 1. The molecule has 11 heteroatoms. The van der Waals surface area contributed by atoms with Gasteiger partial charge in [0.05, 0.1) is 6.42 Å². The molecule has 33 heavy (non-hydrogen) atoms. The topological polar surface area (TPSA) is 113 Å². The van der Waals surface area contributed by atoms with Crippen molar-refractivity contribution in [1.82, 2.24) is 5.32 Å². The molecule has 0 spiro atoms. The Labute approximate surface area is 192 Å². The van der Waals surface area contributed by atoms with E-state index in [0.29, 0.717) is 10.6 Å². The molecular formula is C22H21ClF3NO6. The summed E-state index contributed by atoms with van der Waals surface area (Å²) in [4.78, 5) is 34.7. The zero-order chi connectivity index (χ0) is 24.6. The highest BCUT2D eigenvalue weighted by Gasteiger charge is 2.29. The summed E-state index contributed by atoms with van der Waals surface area (Å²) in [5, 5.41) is 21.4. The van der Waals surface area contributed by atoms with Gasteiger partial charge in [-0.2, -0.15) is 13.2 Å². The molecule has 0 saturated carbocycles. The molecule has 0 aliphatic heterocycles. The zero-order valence-electron chi connectivity index (χ0n) is 17.1. The van der Waals surface area contributed by atoms with E-state index in [1.54, 1.807) is 42.5 Å². The van der Waals surface area contributed by atoms with Crippen molar-refractivity contribution >= 4 is 29.4 Å². The fourth-order valence-corrected chi connectivity index (χ4v) is 3.11. The second kappa shape index (κ2) is 11.7. The summed E-state index contributed by atoms with van der Waals surface area (Å²) in [7, 11) is 0. The molecule has 178 valence electrons. The molecule has 2 rings (SSSR count). The number of hydrogen-bond acceptors (Lipinski definition) is 5. The Balaban J connectivity index is 2.06. The number of carboxylic acid groups (broad SMARTS) is 1. The molecule has 3 N–H and O–H groups in total. The first kappa shape index (κ1) is 26.1. The SMILES string of the molecule is O=C(N[C@H](Cc1ccc(-c2cccc(Cl)c2)cc1)CC(O)C(=O)O)C(=O)OCCC(F)(F)F. The monoisotopic (exact) mass is 487 g/mol. The van der Waals surface area contributed by atoms with Crippen molar-refractivity contribution < 1.29 is 42.5 Å². The number of halogens is 4. The minimum atomic E-state index is -4.55. The number of rotatable bonds is 9. The maximum atomic E-state index is 12.2. The molecular weight excluding hydrogens is 467 g/mol. The first-order valence-electron chi connectivity index (χ1n) is 9.74. The van der Waals surface area contributed by atoms with Gasteiger partial charge in [0.2, 0.25) is 0 Å². The van der Waals surface area contributed by atoms with Crippen LogP contribution in [0.4, 0.5) is 13.2 Å². The van der Waals surface area contributed by atoms with Crippen molar-refractivity contribution in [2.75, 3.05) is 6.61 Å². The third-order valence-electron chi connectivity index (χ3n) is 4.53. The van der Waals surface area contributed by atoms with Crippen LogP contribution in [0, 0.1) is 0 Å². The van der Waals surface area contributed by atoms with E-state index >= 15 is 0 Å². The number of esters is 1. The highest BCUT2D eigenvalue weighted by molar-refractivity contribution is 6.32. The fraction of sp³-hybridized carbons (Fsp3) is 0.318. The Morgan fingerprint density at radius 1 is 1.06 bits per heavy atom. The van der Waals surface area contributed by atoms with Crippen molar-refractivity contribution in [2.24, 2.45) is 0 Å². The molecule has 2 aromatic rings. The van der Waals surface area contributed by atoms with Crippen LogP contribution >= 0.6 is 11.6 Å². The number of carbonyl (C=O) groups is 3. The normalized spacial score (nSPS) is 13.1. The van der Waals surface area contributed by atoms with Gasteiger partial charge in [-0.3, -0.25) is 4.79 Å². The highest BCUT2D eigenvalue weighted by Crippen LogP contribution is 2.23. The summed E-state index contributed by atoms with van der Waals surface area (Å²) >= 11 is 5.99. The van der Waals surface area contributed by atoms with Gasteiger partial charge in [-0.15, -0.1) is 0 Å². The molecule has 1 amide bonds. The quantitative estimate of drug-likeness (QED) is 0.369. The van der Waals surface area contributed by atoms with E-state index in [0.717, 1.165) is 11.1 Å². The van der Waals surface area contributed by atoms with Crippen LogP contribution in [0.1, 0.15) is 18.4 Å². The number of aliphatic hydroxyl groups excluding tert-OH is 1. The van der Waals surface area contributed by atoms with Crippen molar-refractivity contribution in [3.8, 4) is 11.1 Å². The molecule has 2 atom stereocenters. The molecule has 2 aromatic carbocycles. The number of alkyl halides is 3. The van der Waals surface area contributed by atoms with Crippen LogP contribution in [0.15, 0.2) is 48.5 Å². The smallest absolute Gasteiger partial charge is 0.396 e. The molecule has 0 heterocycles. The Kier molecular flexibility index (Phi) is 9.24. The number of hydrogen-bond donors (Lipinski definition) is 3. The number of amides is 1. The van der Waals surface area contributed by atoms with Gasteiger partial charge >= 0.3 is 24.0 Å². The van der Waals surface area contributed by atoms with E-state index in [2.05, 4.69) is 10.1 Å². The fourth-order valence-electron chi connectivity index (χ4n) is 2.92. The predicted molar refractivity (Wildman–Crippen MR) is 112 cm³/mol. The van der Waals surface area contributed by atoms with E-state index in [4.69, 9.17) is 16.7 Å². The lowest BCUT2D eigenvalue weighted by Gasteiger charge is -2.20. The molecule has 1 unspecified atom stereocenters. The average molecular weight is 488 g/mol. The highest BCUT2D eigenvalue weighted by atomic mass is 35.5. The average Bonchev–Trinajstić information content (AvgIpc) is 2.73. The molecule has 0 aliphatic carbocycles. The van der Waals surface area contributed by atoms with Crippen molar-refractivity contribution in [1.29, 1.82) is 0 Å². The van der Waals surface area contributed by atoms with Gasteiger partial charge in [-0.25, -0.2) is 9.59 Å². The number of carbonyl (C=O) groups excluding carboxylic acids is 2. The molecule has 0 bridgehead atoms. The third-order valence-corrected chi connectivity index (χ3v) is 4.76. The second-order valence-electron chi connectivity index (χ2n) is 7.17. The lowest BCUT2D eigenvalue weighted by atomic mass is 9.98. The first-order chi connectivity index (χ1) is 15.4. The van der Waals surface area contributed by atoms with Crippen LogP contribution in [0.25, 0.3) is 11.1 Å². The molecule has 0 aliphatic rings. The Hall–Kier alpha value is -3.11. The molecule has 0 aromatic heterocycles. The Morgan fingerprint density at radius 3 is 2.30 bits per heavy atom. The standard InChI is InChI=1S/C22H21ClF3NO6/c23-16-3-1-2-15(11-16)14-6-4-13(5-7-14)10-17(12-18(28)20(30)31)27-19(29)21(32)33-9-8-22(24,25)26/h1-7,11,17-18,28H,8-10,12H2,(H,27,29)(H,30,31)/t17-,18?/m1/s1. The first-order valence-corrected chi connectivity index (χ1v) is 10.1. The van der Waals surface area contributed by atoms with Crippen LogP contribution < -0.4 is 5.32 Å².